The number of halogens is 1. The van der Waals surface area contributed by atoms with E-state index in [1.165, 1.54) is 12.3 Å². The van der Waals surface area contributed by atoms with Crippen LogP contribution in [0.4, 0.5) is 5.82 Å². The first-order chi connectivity index (χ1) is 17.9. The number of piperidine rings is 1. The summed E-state index contributed by atoms with van der Waals surface area (Å²) in [5, 5.41) is 25.0. The van der Waals surface area contributed by atoms with Gasteiger partial charge in [-0.1, -0.05) is 18.2 Å². The van der Waals surface area contributed by atoms with Crippen molar-refractivity contribution < 1.29 is 4.79 Å². The molecule has 37 heavy (non-hydrogen) atoms. The highest BCUT2D eigenvalue weighted by atomic mass is 35.5. The lowest BCUT2D eigenvalue weighted by Crippen LogP contribution is -2.38. The molecule has 1 aromatic carbocycles. The Hall–Kier alpha value is -3.98. The van der Waals surface area contributed by atoms with Gasteiger partial charge < -0.3 is 15.6 Å². The highest BCUT2D eigenvalue weighted by Gasteiger charge is 2.29. The number of nitrogens with zero attached hydrogens (tertiary/aromatic N) is 5. The van der Waals surface area contributed by atoms with Gasteiger partial charge in [0.2, 0.25) is 5.91 Å². The van der Waals surface area contributed by atoms with E-state index < -0.39 is 0 Å². The largest absolute Gasteiger partial charge is 0.373 e. The molecule has 3 aromatic heterocycles. The van der Waals surface area contributed by atoms with Crippen molar-refractivity contribution in [3.63, 3.8) is 0 Å². The lowest BCUT2D eigenvalue weighted by atomic mass is 9.94. The molecule has 0 atom stereocenters. The molecule has 1 saturated heterocycles. The van der Waals surface area contributed by atoms with E-state index in [1.54, 1.807) is 19.4 Å². The Balaban J connectivity index is 1.71. The fraction of sp³-hybridized carbons (Fsp3) is 0.296. The number of rotatable bonds is 6. The summed E-state index contributed by atoms with van der Waals surface area (Å²) in [5.41, 5.74) is 6.81. The molecular formula is C27H29ClN8O. The normalized spacial score (nSPS) is 14.2. The van der Waals surface area contributed by atoms with Gasteiger partial charge in [-0.2, -0.15) is 10.2 Å². The summed E-state index contributed by atoms with van der Waals surface area (Å²) >= 11 is 6.97. The Kier molecular flexibility index (Phi) is 6.55. The van der Waals surface area contributed by atoms with Crippen molar-refractivity contribution in [2.75, 3.05) is 25.5 Å². The maximum atomic E-state index is 12.1. The SMILES string of the molecule is C=CC(=O)N1CCC(n2nc(-c3cnc(NC)c(C=N)c3)c(-c3c(Cl)c(C)cc4[nH]ncc34)c2C)CC1. The maximum Gasteiger partial charge on any atom is 0.245 e. The second kappa shape index (κ2) is 9.82. The van der Waals surface area contributed by atoms with Crippen LogP contribution in [0.5, 0.6) is 0 Å². The van der Waals surface area contributed by atoms with Crippen molar-refractivity contribution in [2.24, 2.45) is 0 Å². The van der Waals surface area contributed by atoms with Crippen LogP contribution in [-0.4, -0.2) is 62.1 Å². The summed E-state index contributed by atoms with van der Waals surface area (Å²) in [6, 6.07) is 4.04. The third-order valence-electron chi connectivity index (χ3n) is 7.14. The van der Waals surface area contributed by atoms with Crippen LogP contribution in [0.3, 0.4) is 0 Å². The average Bonchev–Trinajstić information content (AvgIpc) is 3.52. The van der Waals surface area contributed by atoms with Gasteiger partial charge >= 0.3 is 0 Å². The summed E-state index contributed by atoms with van der Waals surface area (Å²) in [4.78, 5) is 18.5. The molecule has 0 spiro atoms. The summed E-state index contributed by atoms with van der Waals surface area (Å²) in [6.07, 6.45) is 7.79. The summed E-state index contributed by atoms with van der Waals surface area (Å²) in [7, 11) is 1.78. The first-order valence-corrected chi connectivity index (χ1v) is 12.6. The Morgan fingerprint density at radius 1 is 1.24 bits per heavy atom. The number of aryl methyl sites for hydroxylation is 1. The number of hydrogen-bond donors (Lipinski definition) is 3. The van der Waals surface area contributed by atoms with Crippen LogP contribution >= 0.6 is 11.6 Å². The number of carbonyl (C=O) groups excluding carboxylic acids is 1. The first-order valence-electron chi connectivity index (χ1n) is 12.2. The summed E-state index contributed by atoms with van der Waals surface area (Å²) in [5.74, 6) is 0.585. The van der Waals surface area contributed by atoms with Gasteiger partial charge in [-0.15, -0.1) is 0 Å². The van der Waals surface area contributed by atoms with Crippen LogP contribution in [0.25, 0.3) is 33.3 Å². The molecule has 1 aliphatic rings. The standard InChI is InChI=1S/C27H29ClN8O/c1-5-22(37)35-8-6-19(7-9-35)36-16(3)23(24-20-14-32-33-21(20)10-15(2)25(24)28)26(34-36)18-11-17(12-29)27(30-4)31-13-18/h5,10-14,19,29H,1,6-9H2,2-4H3,(H,30,31)(H,32,33). The van der Waals surface area contributed by atoms with Gasteiger partial charge in [-0.05, 0) is 50.5 Å². The number of benzene rings is 1. The van der Waals surface area contributed by atoms with Crippen LogP contribution in [0, 0.1) is 19.3 Å². The van der Waals surface area contributed by atoms with E-state index in [0.29, 0.717) is 29.5 Å². The zero-order valence-electron chi connectivity index (χ0n) is 21.1. The predicted octanol–water partition coefficient (Wildman–Crippen LogP) is 5.15. The fourth-order valence-electron chi connectivity index (χ4n) is 5.21. The molecule has 5 rings (SSSR count). The Morgan fingerprint density at radius 3 is 2.68 bits per heavy atom. The molecule has 9 nitrogen and oxygen atoms in total. The van der Waals surface area contributed by atoms with Crippen LogP contribution in [0.2, 0.25) is 5.02 Å². The van der Waals surface area contributed by atoms with Crippen molar-refractivity contribution >= 4 is 40.4 Å². The number of amides is 1. The number of H-pyrrole nitrogens is 1. The number of nitrogens with one attached hydrogen (secondary N) is 3. The van der Waals surface area contributed by atoms with Crippen molar-refractivity contribution in [1.82, 2.24) is 29.9 Å². The number of carbonyl (C=O) groups is 1. The zero-order chi connectivity index (χ0) is 26.3. The molecule has 190 valence electrons. The van der Waals surface area contributed by atoms with Crippen LogP contribution in [-0.2, 0) is 4.79 Å². The van der Waals surface area contributed by atoms with Gasteiger partial charge in [-0.25, -0.2) is 4.98 Å². The lowest BCUT2D eigenvalue weighted by Gasteiger charge is -2.32. The minimum Gasteiger partial charge on any atom is -0.373 e. The van der Waals surface area contributed by atoms with Gasteiger partial charge in [0, 0.05) is 65.9 Å². The lowest BCUT2D eigenvalue weighted by molar-refractivity contribution is -0.127. The molecule has 0 saturated carbocycles. The average molecular weight is 517 g/mol. The monoisotopic (exact) mass is 516 g/mol. The molecule has 3 N–H and O–H groups in total. The number of aromatic nitrogens is 5. The van der Waals surface area contributed by atoms with E-state index in [2.05, 4.69) is 38.7 Å². The molecule has 4 heterocycles. The van der Waals surface area contributed by atoms with Gasteiger partial charge in [0.15, 0.2) is 0 Å². The smallest absolute Gasteiger partial charge is 0.245 e. The van der Waals surface area contributed by atoms with E-state index >= 15 is 0 Å². The first kappa shape index (κ1) is 24.7. The number of likely N-dealkylation sites (tertiary alicyclic amines) is 1. The van der Waals surface area contributed by atoms with Gasteiger partial charge in [0.1, 0.15) is 11.5 Å². The van der Waals surface area contributed by atoms with Gasteiger partial charge in [-0.3, -0.25) is 14.6 Å². The molecule has 10 heteroatoms. The second-order valence-electron chi connectivity index (χ2n) is 9.28. The predicted molar refractivity (Wildman–Crippen MR) is 148 cm³/mol. The fourth-order valence-corrected chi connectivity index (χ4v) is 5.46. The van der Waals surface area contributed by atoms with Gasteiger partial charge in [0.05, 0.1) is 22.8 Å². The van der Waals surface area contributed by atoms with Crippen molar-refractivity contribution in [2.45, 2.75) is 32.7 Å². The number of hydrogen-bond acceptors (Lipinski definition) is 6. The Labute approximate surface area is 220 Å². The maximum absolute atomic E-state index is 12.1. The van der Waals surface area contributed by atoms with E-state index in [1.807, 2.05) is 24.0 Å². The quantitative estimate of drug-likeness (QED) is 0.242. The molecular weight excluding hydrogens is 488 g/mol. The van der Waals surface area contributed by atoms with Gasteiger partial charge in [0.25, 0.3) is 0 Å². The molecule has 0 radical (unpaired) electrons. The summed E-state index contributed by atoms with van der Waals surface area (Å²) < 4.78 is 2.07. The van der Waals surface area contributed by atoms with E-state index in [-0.39, 0.29) is 11.9 Å². The Morgan fingerprint density at radius 2 is 2.00 bits per heavy atom. The van der Waals surface area contributed by atoms with Crippen molar-refractivity contribution in [3.05, 3.63) is 59.0 Å². The van der Waals surface area contributed by atoms with Crippen LogP contribution in [0.1, 0.15) is 35.7 Å². The topological polar surface area (TPSA) is 116 Å². The van der Waals surface area contributed by atoms with Crippen molar-refractivity contribution in [1.29, 1.82) is 5.41 Å². The molecule has 0 unspecified atom stereocenters. The molecule has 0 bridgehead atoms. The minimum absolute atomic E-state index is 0.0409. The number of anilines is 1. The van der Waals surface area contributed by atoms with E-state index in [9.17, 15) is 4.79 Å². The van der Waals surface area contributed by atoms with Crippen molar-refractivity contribution in [3.8, 4) is 22.4 Å². The van der Waals surface area contributed by atoms with E-state index in [4.69, 9.17) is 22.1 Å². The van der Waals surface area contributed by atoms with E-state index in [0.717, 1.165) is 57.4 Å². The molecule has 4 aromatic rings. The van der Waals surface area contributed by atoms with Crippen LogP contribution < -0.4 is 5.32 Å². The number of aromatic amines is 1. The minimum atomic E-state index is -0.0409. The third kappa shape index (κ3) is 4.19. The molecule has 0 aliphatic carbocycles. The number of pyridine rings is 1. The van der Waals surface area contributed by atoms with Crippen LogP contribution in [0.15, 0.2) is 37.2 Å². The highest BCUT2D eigenvalue weighted by molar-refractivity contribution is 6.36. The second-order valence-corrected chi connectivity index (χ2v) is 9.66. The highest BCUT2D eigenvalue weighted by Crippen LogP contribution is 2.44. The zero-order valence-corrected chi connectivity index (χ0v) is 21.9. The third-order valence-corrected chi connectivity index (χ3v) is 7.63. The summed E-state index contributed by atoms with van der Waals surface area (Å²) in [6.45, 7) is 8.95. The Bertz CT molecular complexity index is 1530. The molecule has 1 aliphatic heterocycles. The molecule has 1 fully saturated rings. The molecule has 1 amide bonds. The number of fused-ring (bicyclic) bond motifs is 1.